The van der Waals surface area contributed by atoms with E-state index in [4.69, 9.17) is 28.4 Å². The summed E-state index contributed by atoms with van der Waals surface area (Å²) in [5.74, 6) is -2.77. The molecule has 0 aromatic heterocycles. The van der Waals surface area contributed by atoms with Crippen LogP contribution in [-0.2, 0) is 38.0 Å². The van der Waals surface area contributed by atoms with E-state index in [1.54, 1.807) is 0 Å². The lowest BCUT2D eigenvalue weighted by molar-refractivity contribution is -0.478. The lowest BCUT2D eigenvalue weighted by atomic mass is 9.46. The summed E-state index contributed by atoms with van der Waals surface area (Å²) < 4.78 is 38.5. The molecule has 10 heteroatoms. The van der Waals surface area contributed by atoms with Gasteiger partial charge in [-0.15, -0.1) is 0 Å². The van der Waals surface area contributed by atoms with Crippen molar-refractivity contribution in [1.82, 2.24) is 0 Å². The van der Waals surface area contributed by atoms with E-state index in [0.717, 1.165) is 75.1 Å². The zero-order chi connectivity index (χ0) is 35.3. The third-order valence-electron chi connectivity index (χ3n) is 17.0. The van der Waals surface area contributed by atoms with Crippen molar-refractivity contribution in [3.63, 3.8) is 0 Å². The van der Waals surface area contributed by atoms with E-state index in [9.17, 15) is 19.8 Å². The van der Waals surface area contributed by atoms with Gasteiger partial charge in [0, 0.05) is 0 Å². The predicted octanol–water partition coefficient (Wildman–Crippen LogP) is 5.13. The summed E-state index contributed by atoms with van der Waals surface area (Å²) in [7, 11) is 0. The summed E-state index contributed by atoms with van der Waals surface area (Å²) in [5.41, 5.74) is -1.39. The first-order valence-corrected chi connectivity index (χ1v) is 19.3. The summed E-state index contributed by atoms with van der Waals surface area (Å²) in [6.45, 7) is 14.1. The number of fused-ring (bicyclic) bond motifs is 6. The van der Waals surface area contributed by atoms with Gasteiger partial charge in [-0.25, -0.2) is 0 Å². The van der Waals surface area contributed by atoms with Crippen molar-refractivity contribution >= 4 is 12.6 Å². The minimum Gasteiger partial charge on any atom is -0.361 e. The number of aldehydes is 2. The number of ether oxygens (including phenoxy) is 6. The Bertz CT molecular complexity index is 1420. The number of hydrogen-bond acceptors (Lipinski definition) is 10. The fraction of sp³-hybridized carbons (Fsp3) is 0.850. The van der Waals surface area contributed by atoms with Crippen LogP contribution in [-0.4, -0.2) is 83.6 Å². The molecule has 4 aliphatic carbocycles. The molecule has 50 heavy (non-hydrogen) atoms. The van der Waals surface area contributed by atoms with E-state index >= 15 is 0 Å². The molecule has 0 aromatic carbocycles. The molecule has 9 aliphatic rings. The number of carbonyl (C=O) groups is 2. The van der Waals surface area contributed by atoms with Crippen molar-refractivity contribution in [1.29, 1.82) is 0 Å². The molecule has 2 spiro atoms. The minimum atomic E-state index is -1.99. The minimum absolute atomic E-state index is 0.211. The molecule has 5 heterocycles. The standard InChI is InChI=1S/C40H56O10/c1-23-13-15-33(3)25(19-41)9-7-11-27(33)35(23,5)17-29-37(21-45-37)39(43)31(47-29)49-40(44)32(50-39)48-30(38(40)22-46-38)18-36(6)24(2)14-16-34(4)26(20-42)10-8-12-28(34)36/h9-10,19-20,23-24,27-32,43-44H,7-8,11-18,21-22H2,1-6H3. The molecular weight excluding hydrogens is 640 g/mol. The fourth-order valence-electron chi connectivity index (χ4n) is 13.1. The summed E-state index contributed by atoms with van der Waals surface area (Å²) in [6.07, 6.45) is 11.4. The monoisotopic (exact) mass is 696 g/mol. The first kappa shape index (κ1) is 34.3. The zero-order valence-electron chi connectivity index (χ0n) is 30.6. The van der Waals surface area contributed by atoms with Crippen molar-refractivity contribution < 1.29 is 48.2 Å². The molecule has 16 atom stereocenters. The maximum Gasteiger partial charge on any atom is 0.255 e. The van der Waals surface area contributed by atoms with Gasteiger partial charge in [-0.2, -0.15) is 0 Å². The molecule has 9 rings (SSSR count). The van der Waals surface area contributed by atoms with E-state index in [1.807, 2.05) is 0 Å². The first-order chi connectivity index (χ1) is 23.6. The Kier molecular flexibility index (Phi) is 7.26. The maximum absolute atomic E-state index is 12.4. The fourth-order valence-corrected chi connectivity index (χ4v) is 13.1. The van der Waals surface area contributed by atoms with E-state index < -0.39 is 47.6 Å². The molecule has 0 aromatic rings. The van der Waals surface area contributed by atoms with Gasteiger partial charge in [-0.05, 0) is 121 Å². The molecule has 0 amide bonds. The van der Waals surface area contributed by atoms with Crippen molar-refractivity contribution in [3.05, 3.63) is 23.3 Å². The van der Waals surface area contributed by atoms with Gasteiger partial charge < -0.3 is 38.6 Å². The third kappa shape index (κ3) is 4.03. The van der Waals surface area contributed by atoms with Crippen LogP contribution in [0.25, 0.3) is 0 Å². The lowest BCUT2D eigenvalue weighted by Crippen LogP contribution is -2.68. The van der Waals surface area contributed by atoms with Crippen molar-refractivity contribution in [2.24, 2.45) is 45.3 Å². The number of allylic oxidation sites excluding steroid dienone is 4. The van der Waals surface area contributed by atoms with Crippen LogP contribution in [0.15, 0.2) is 23.3 Å². The summed E-state index contributed by atoms with van der Waals surface area (Å²) >= 11 is 0. The molecule has 5 saturated heterocycles. The van der Waals surface area contributed by atoms with Gasteiger partial charge in [0.15, 0.2) is 11.2 Å². The second-order valence-corrected chi connectivity index (χ2v) is 18.8. The Morgan fingerprint density at radius 1 is 0.680 bits per heavy atom. The Labute approximate surface area is 295 Å². The van der Waals surface area contributed by atoms with E-state index in [2.05, 4.69) is 53.7 Å². The van der Waals surface area contributed by atoms with Crippen LogP contribution in [0.5, 0.6) is 0 Å². The molecule has 2 saturated carbocycles. The van der Waals surface area contributed by atoms with Crippen molar-refractivity contribution in [3.8, 4) is 0 Å². The topological polar surface area (TPSA) is 137 Å². The van der Waals surface area contributed by atoms with Gasteiger partial charge in [0.2, 0.25) is 12.6 Å². The van der Waals surface area contributed by atoms with Crippen LogP contribution < -0.4 is 0 Å². The highest BCUT2D eigenvalue weighted by atomic mass is 16.9. The second-order valence-electron chi connectivity index (χ2n) is 18.8. The third-order valence-corrected chi connectivity index (χ3v) is 17.0. The van der Waals surface area contributed by atoms with Crippen LogP contribution in [0, 0.1) is 45.3 Å². The number of hydrogen-bond donors (Lipinski definition) is 2. The molecule has 0 radical (unpaired) electrons. The maximum atomic E-state index is 12.4. The lowest BCUT2D eigenvalue weighted by Gasteiger charge is -2.58. The Hall–Kier alpha value is -1.50. The van der Waals surface area contributed by atoms with Crippen LogP contribution in [0.3, 0.4) is 0 Å². The van der Waals surface area contributed by atoms with Crippen molar-refractivity contribution in [2.75, 3.05) is 13.2 Å². The molecule has 16 unspecified atom stereocenters. The van der Waals surface area contributed by atoms with Gasteiger partial charge in [-0.1, -0.05) is 53.7 Å². The Balaban J connectivity index is 0.985. The summed E-state index contributed by atoms with van der Waals surface area (Å²) in [5, 5.41) is 24.8. The molecule has 2 N–H and O–H groups in total. The number of carbonyl (C=O) groups excluding carboxylic acids is 2. The molecule has 276 valence electrons. The Morgan fingerprint density at radius 2 is 1.06 bits per heavy atom. The van der Waals surface area contributed by atoms with E-state index in [0.29, 0.717) is 24.7 Å². The molecule has 7 fully saturated rings. The summed E-state index contributed by atoms with van der Waals surface area (Å²) in [4.78, 5) is 24.4. The summed E-state index contributed by atoms with van der Waals surface area (Å²) in [6, 6.07) is 0. The quantitative estimate of drug-likeness (QED) is 0.284. The van der Waals surface area contributed by atoms with Gasteiger partial charge in [-0.3, -0.25) is 9.59 Å². The van der Waals surface area contributed by atoms with Gasteiger partial charge in [0.1, 0.15) is 12.6 Å². The second kappa shape index (κ2) is 10.6. The highest BCUT2D eigenvalue weighted by Crippen LogP contribution is 2.69. The van der Waals surface area contributed by atoms with Gasteiger partial charge in [0.05, 0.1) is 25.4 Å². The zero-order valence-corrected chi connectivity index (χ0v) is 30.6. The molecule has 5 aliphatic heterocycles. The molecular formula is C40H56O10. The van der Waals surface area contributed by atoms with Crippen LogP contribution in [0.1, 0.15) is 106 Å². The van der Waals surface area contributed by atoms with E-state index in [-0.39, 0.29) is 46.7 Å². The number of epoxide rings is 2. The van der Waals surface area contributed by atoms with Crippen molar-refractivity contribution in [2.45, 2.75) is 153 Å². The normalized spacial score (nSPS) is 59.1. The number of rotatable bonds is 6. The Morgan fingerprint density at radius 3 is 1.40 bits per heavy atom. The van der Waals surface area contributed by atoms with Gasteiger partial charge in [0.25, 0.3) is 11.6 Å². The highest BCUT2D eigenvalue weighted by molar-refractivity contribution is 5.76. The van der Waals surface area contributed by atoms with Gasteiger partial charge >= 0.3 is 0 Å². The highest BCUT2D eigenvalue weighted by Gasteiger charge is 2.87. The number of aliphatic hydroxyl groups is 2. The molecule has 10 nitrogen and oxygen atoms in total. The first-order valence-electron chi connectivity index (χ1n) is 19.3. The smallest absolute Gasteiger partial charge is 0.255 e. The SMILES string of the molecule is CC1CCC2(C)C(C=O)=CCCC2C1(C)CC1OC2OC3(O)C(OC(CC4(C)C(C)CCC5(C)C(C=O)=CCCC54)C34CO4)OC2(O)C12CO2. The van der Waals surface area contributed by atoms with Crippen LogP contribution in [0.4, 0.5) is 0 Å². The average molecular weight is 697 g/mol. The largest absolute Gasteiger partial charge is 0.361 e. The molecule has 0 bridgehead atoms. The van der Waals surface area contributed by atoms with Crippen LogP contribution in [0.2, 0.25) is 0 Å². The van der Waals surface area contributed by atoms with Crippen LogP contribution >= 0.6 is 0 Å². The predicted molar refractivity (Wildman–Crippen MR) is 179 cm³/mol. The average Bonchev–Trinajstić information content (AvgIpc) is 4.00. The van der Waals surface area contributed by atoms with E-state index in [1.165, 1.54) is 0 Å².